The number of benzene rings is 3. The van der Waals surface area contributed by atoms with Crippen LogP contribution in [0.1, 0.15) is 129 Å². The fraction of sp³-hybridized carbons (Fsp3) is 0.377. The number of hydrogen-bond donors (Lipinski definition) is 0. The molecule has 292 valence electrons. The first-order chi connectivity index (χ1) is 27.7. The van der Waals surface area contributed by atoms with Gasteiger partial charge in [0.2, 0.25) is 0 Å². The van der Waals surface area contributed by atoms with Crippen molar-refractivity contribution in [1.29, 1.82) is 0 Å². The van der Waals surface area contributed by atoms with Gasteiger partial charge >= 0.3 is 0 Å². The second kappa shape index (κ2) is 13.1. The summed E-state index contributed by atoms with van der Waals surface area (Å²) in [5, 5.41) is 5.08. The lowest BCUT2D eigenvalue weighted by Gasteiger charge is -2.48. The molecule has 0 N–H and O–H groups in total. The van der Waals surface area contributed by atoms with Crippen LogP contribution in [0.15, 0.2) is 113 Å². The van der Waals surface area contributed by atoms with Gasteiger partial charge < -0.3 is 0 Å². The zero-order valence-electron chi connectivity index (χ0n) is 35.5. The van der Waals surface area contributed by atoms with E-state index >= 15 is 0 Å². The van der Waals surface area contributed by atoms with Gasteiger partial charge in [-0.2, -0.15) is 0 Å². The summed E-state index contributed by atoms with van der Waals surface area (Å²) in [6, 6.07) is 26.9. The Morgan fingerprint density at radius 1 is 0.621 bits per heavy atom. The van der Waals surface area contributed by atoms with Crippen LogP contribution in [0.2, 0.25) is 0 Å². The smallest absolute Gasteiger partial charge is 0.182 e. The van der Waals surface area contributed by atoms with Crippen molar-refractivity contribution >= 4 is 33.8 Å². The SMILES string of the molecule is CC1(C)CCC(C)(C)C2=C1C=C1C(c3cccc4ccccc34)=c3cc4c(cc3=C(c3nc(C5=CCCC=N5)nc(-c5ccccn5)n3)C1C2)C(C)(C)CCC4(C)C. The number of allylic oxidation sites excluding steroid dienone is 5. The third-order valence-corrected chi connectivity index (χ3v) is 14.4. The first-order valence-corrected chi connectivity index (χ1v) is 21.5. The predicted octanol–water partition coefficient (Wildman–Crippen LogP) is 11.1. The number of aromatic nitrogens is 4. The van der Waals surface area contributed by atoms with E-state index in [4.69, 9.17) is 24.9 Å². The van der Waals surface area contributed by atoms with Gasteiger partial charge in [-0.15, -0.1) is 0 Å². The standard InChI is InChI=1S/C53H55N5/c1-50(2)22-24-52(5,6)41-30-37-35(28-39(41)50)45(34-19-15-17-32-16-9-10-18-33(32)34)36-29-40-42(53(7,8)25-23-51(40,3)4)31-38(36)46(37)49-57-47(43-20-11-13-26-54-43)56-48(58-49)44-21-12-14-27-55-44/h9-11,13,15-21,26-30,38H,12,14,22-25,31H2,1-8H3. The van der Waals surface area contributed by atoms with Gasteiger partial charge in [-0.1, -0.05) is 122 Å². The molecule has 4 aliphatic carbocycles. The molecule has 5 nitrogen and oxygen atoms in total. The van der Waals surface area contributed by atoms with Crippen LogP contribution >= 0.6 is 0 Å². The largest absolute Gasteiger partial charge is 0.258 e. The lowest BCUT2D eigenvalue weighted by atomic mass is 9.56. The van der Waals surface area contributed by atoms with E-state index in [1.165, 1.54) is 73.0 Å². The molecule has 0 spiro atoms. The number of nitrogens with zero attached hydrogens (tertiary/aromatic N) is 5. The lowest BCUT2D eigenvalue weighted by Crippen LogP contribution is -2.45. The number of hydrogen-bond acceptors (Lipinski definition) is 5. The molecule has 58 heavy (non-hydrogen) atoms. The Kier molecular flexibility index (Phi) is 8.37. The van der Waals surface area contributed by atoms with Gasteiger partial charge in [0.15, 0.2) is 17.5 Å². The predicted molar refractivity (Wildman–Crippen MR) is 239 cm³/mol. The van der Waals surface area contributed by atoms with E-state index in [1.54, 1.807) is 5.57 Å². The van der Waals surface area contributed by atoms with E-state index in [1.807, 2.05) is 30.6 Å². The highest BCUT2D eigenvalue weighted by Gasteiger charge is 2.45. The Morgan fingerprint density at radius 3 is 2.03 bits per heavy atom. The molecule has 5 aromatic rings. The van der Waals surface area contributed by atoms with E-state index < -0.39 is 0 Å². The first kappa shape index (κ1) is 37.0. The fourth-order valence-electron chi connectivity index (χ4n) is 10.7. The molecule has 1 atom stereocenters. The van der Waals surface area contributed by atoms with Gasteiger partial charge in [-0.25, -0.2) is 15.0 Å². The topological polar surface area (TPSA) is 63.9 Å². The molecule has 5 heteroatoms. The van der Waals surface area contributed by atoms with Gasteiger partial charge in [0.25, 0.3) is 0 Å². The quantitative estimate of drug-likeness (QED) is 0.183. The number of aliphatic imine (C=N–C) groups is 1. The molecule has 3 heterocycles. The van der Waals surface area contributed by atoms with Crippen LogP contribution in [0.25, 0.3) is 39.1 Å². The molecule has 0 radical (unpaired) electrons. The third-order valence-electron chi connectivity index (χ3n) is 14.4. The second-order valence-electron chi connectivity index (χ2n) is 20.0. The summed E-state index contributed by atoms with van der Waals surface area (Å²) in [5.74, 6) is 1.95. The molecule has 0 bridgehead atoms. The van der Waals surface area contributed by atoms with Crippen molar-refractivity contribution in [3.05, 3.63) is 147 Å². The number of rotatable bonds is 4. The van der Waals surface area contributed by atoms with Crippen LogP contribution in [-0.2, 0) is 10.8 Å². The Balaban J connectivity index is 1.41. The molecule has 10 rings (SSSR count). The maximum atomic E-state index is 5.47. The summed E-state index contributed by atoms with van der Waals surface area (Å²) >= 11 is 0. The third kappa shape index (κ3) is 5.90. The average Bonchev–Trinajstić information content (AvgIpc) is 3.23. The summed E-state index contributed by atoms with van der Waals surface area (Å²) in [7, 11) is 0. The monoisotopic (exact) mass is 761 g/mol. The van der Waals surface area contributed by atoms with Crippen molar-refractivity contribution in [3.8, 4) is 11.5 Å². The van der Waals surface area contributed by atoms with Crippen molar-refractivity contribution in [1.82, 2.24) is 19.9 Å². The van der Waals surface area contributed by atoms with Gasteiger partial charge in [-0.3, -0.25) is 9.98 Å². The lowest BCUT2D eigenvalue weighted by molar-refractivity contribution is 0.254. The summed E-state index contributed by atoms with van der Waals surface area (Å²) < 4.78 is 0. The Hall–Kier alpha value is -5.29. The highest BCUT2D eigenvalue weighted by Crippen LogP contribution is 2.57. The normalized spacial score (nSPS) is 22.4. The summed E-state index contributed by atoms with van der Waals surface area (Å²) in [5.41, 5.74) is 13.0. The molecule has 0 amide bonds. The van der Waals surface area contributed by atoms with E-state index in [0.29, 0.717) is 11.6 Å². The van der Waals surface area contributed by atoms with Crippen LogP contribution in [0.3, 0.4) is 0 Å². The van der Waals surface area contributed by atoms with Gasteiger partial charge in [-0.05, 0) is 145 Å². The molecule has 1 aliphatic heterocycles. The van der Waals surface area contributed by atoms with Crippen LogP contribution in [0.5, 0.6) is 0 Å². The maximum Gasteiger partial charge on any atom is 0.182 e. The first-order valence-electron chi connectivity index (χ1n) is 21.5. The Morgan fingerprint density at radius 2 is 1.29 bits per heavy atom. The fourth-order valence-corrected chi connectivity index (χ4v) is 10.7. The van der Waals surface area contributed by atoms with E-state index in [2.05, 4.69) is 122 Å². The highest BCUT2D eigenvalue weighted by molar-refractivity contribution is 6.00. The maximum absolute atomic E-state index is 5.47. The van der Waals surface area contributed by atoms with Gasteiger partial charge in [0.05, 0.1) is 0 Å². The summed E-state index contributed by atoms with van der Waals surface area (Å²) in [6.45, 7) is 19.6. The molecule has 0 fully saturated rings. The number of pyridine rings is 1. The van der Waals surface area contributed by atoms with Crippen molar-refractivity contribution in [2.75, 3.05) is 0 Å². The molecular weight excluding hydrogens is 707 g/mol. The summed E-state index contributed by atoms with van der Waals surface area (Å²) in [4.78, 5) is 25.6. The molecule has 1 unspecified atom stereocenters. The molecule has 0 saturated heterocycles. The van der Waals surface area contributed by atoms with Crippen molar-refractivity contribution in [2.24, 2.45) is 21.7 Å². The molecule has 5 aliphatic rings. The van der Waals surface area contributed by atoms with E-state index in [-0.39, 0.29) is 27.6 Å². The van der Waals surface area contributed by atoms with Crippen LogP contribution < -0.4 is 10.4 Å². The minimum Gasteiger partial charge on any atom is -0.258 e. The molecule has 3 aromatic carbocycles. The van der Waals surface area contributed by atoms with E-state index in [0.717, 1.165) is 49.3 Å². The highest BCUT2D eigenvalue weighted by atomic mass is 15.1. The minimum atomic E-state index is 0.0172. The van der Waals surface area contributed by atoms with Crippen molar-refractivity contribution < 1.29 is 0 Å². The Bertz CT molecular complexity index is 2800. The van der Waals surface area contributed by atoms with Crippen LogP contribution in [0, 0.1) is 16.7 Å². The van der Waals surface area contributed by atoms with Crippen molar-refractivity contribution in [2.45, 2.75) is 111 Å². The number of fused-ring (bicyclic) bond motifs is 4. The Labute approximate surface area is 343 Å². The van der Waals surface area contributed by atoms with Crippen molar-refractivity contribution in [3.63, 3.8) is 0 Å². The van der Waals surface area contributed by atoms with Crippen LogP contribution in [-0.4, -0.2) is 26.2 Å². The average molecular weight is 762 g/mol. The molecule has 2 aromatic heterocycles. The zero-order chi connectivity index (χ0) is 40.2. The van der Waals surface area contributed by atoms with Gasteiger partial charge in [0.1, 0.15) is 11.4 Å². The van der Waals surface area contributed by atoms with E-state index in [9.17, 15) is 0 Å². The molecule has 0 saturated carbocycles. The minimum absolute atomic E-state index is 0.0172. The van der Waals surface area contributed by atoms with Gasteiger partial charge in [0, 0.05) is 23.9 Å². The molecular formula is C53H55N5. The second-order valence-corrected chi connectivity index (χ2v) is 20.0. The summed E-state index contributed by atoms with van der Waals surface area (Å²) in [6.07, 6.45) is 16.0. The van der Waals surface area contributed by atoms with Crippen LogP contribution in [0.4, 0.5) is 0 Å². The zero-order valence-corrected chi connectivity index (χ0v) is 35.5.